The molecule has 184 valence electrons. The zero-order valence-corrected chi connectivity index (χ0v) is 20.0. The van der Waals surface area contributed by atoms with Crippen molar-refractivity contribution in [1.29, 1.82) is 0 Å². The third-order valence-electron chi connectivity index (χ3n) is 5.47. The molecular weight excluding hydrogens is 462 g/mol. The van der Waals surface area contributed by atoms with Gasteiger partial charge in [-0.15, -0.1) is 0 Å². The van der Waals surface area contributed by atoms with Gasteiger partial charge in [-0.1, -0.05) is 0 Å². The summed E-state index contributed by atoms with van der Waals surface area (Å²) in [4.78, 5) is 23.4. The molecule has 2 N–H and O–H groups in total. The van der Waals surface area contributed by atoms with Crippen molar-refractivity contribution in [2.75, 3.05) is 7.11 Å². The van der Waals surface area contributed by atoms with E-state index in [0.29, 0.717) is 28.4 Å². The Balaban J connectivity index is 1.36. The molecule has 0 atom stereocenters. The van der Waals surface area contributed by atoms with Crippen LogP contribution in [0.1, 0.15) is 43.6 Å². The summed E-state index contributed by atoms with van der Waals surface area (Å²) in [6.07, 6.45) is 1.50. The number of amides is 1. The number of ether oxygens (including phenoxy) is 2. The molecule has 36 heavy (non-hydrogen) atoms. The number of hydrogen-bond acceptors (Lipinski definition) is 6. The summed E-state index contributed by atoms with van der Waals surface area (Å²) < 4.78 is 18.4. The fourth-order valence-electron chi connectivity index (χ4n) is 3.67. The van der Waals surface area contributed by atoms with E-state index in [4.69, 9.17) is 19.0 Å². The number of aryl methyl sites for hydroxylation is 2. The smallest absolute Gasteiger partial charge is 0.371 e. The van der Waals surface area contributed by atoms with E-state index in [1.54, 1.807) is 30.3 Å². The van der Waals surface area contributed by atoms with Crippen molar-refractivity contribution >= 4 is 18.1 Å². The maximum absolute atomic E-state index is 12.5. The lowest BCUT2D eigenvalue weighted by atomic mass is 10.2. The summed E-state index contributed by atoms with van der Waals surface area (Å²) in [7, 11) is 1.50. The average molecular weight is 488 g/mol. The Kier molecular flexibility index (Phi) is 7.20. The molecule has 4 rings (SSSR count). The maximum atomic E-state index is 12.5. The molecule has 0 aliphatic carbocycles. The van der Waals surface area contributed by atoms with Gasteiger partial charge in [-0.2, -0.15) is 5.10 Å². The molecule has 0 unspecified atom stereocenters. The molecule has 1 amide bonds. The zero-order valence-electron chi connectivity index (χ0n) is 20.0. The lowest BCUT2D eigenvalue weighted by molar-refractivity contribution is 0.0657. The van der Waals surface area contributed by atoms with E-state index in [0.717, 1.165) is 17.1 Å². The molecular formula is C27H25N3O6. The van der Waals surface area contributed by atoms with Crippen LogP contribution in [0.3, 0.4) is 0 Å². The van der Waals surface area contributed by atoms with E-state index in [2.05, 4.69) is 15.1 Å². The Morgan fingerprint density at radius 3 is 2.36 bits per heavy atom. The number of nitrogens with one attached hydrogen (secondary N) is 1. The van der Waals surface area contributed by atoms with Crippen molar-refractivity contribution in [3.8, 4) is 17.2 Å². The number of hydrazone groups is 1. The van der Waals surface area contributed by atoms with Crippen molar-refractivity contribution in [2.45, 2.75) is 20.5 Å². The molecule has 2 aromatic heterocycles. The van der Waals surface area contributed by atoms with Gasteiger partial charge in [-0.05, 0) is 86.1 Å². The molecule has 2 heterocycles. The van der Waals surface area contributed by atoms with Gasteiger partial charge in [-0.25, -0.2) is 10.2 Å². The van der Waals surface area contributed by atoms with Crippen molar-refractivity contribution in [3.05, 3.63) is 101 Å². The first-order valence-corrected chi connectivity index (χ1v) is 11.1. The molecule has 0 saturated heterocycles. The molecule has 9 nitrogen and oxygen atoms in total. The number of carboxylic acids is 1. The summed E-state index contributed by atoms with van der Waals surface area (Å²) in [6, 6.07) is 19.4. The number of aromatic carboxylic acids is 1. The number of carbonyl (C=O) groups excluding carboxylic acids is 1. The van der Waals surface area contributed by atoms with Gasteiger partial charge in [0.1, 0.15) is 12.4 Å². The van der Waals surface area contributed by atoms with E-state index < -0.39 is 5.97 Å². The van der Waals surface area contributed by atoms with E-state index in [1.807, 2.05) is 38.1 Å². The summed E-state index contributed by atoms with van der Waals surface area (Å²) in [5.74, 6) is -0.370. The molecule has 9 heteroatoms. The van der Waals surface area contributed by atoms with Crippen molar-refractivity contribution in [1.82, 2.24) is 9.99 Å². The summed E-state index contributed by atoms with van der Waals surface area (Å²) in [5.41, 5.74) is 6.92. The van der Waals surface area contributed by atoms with Gasteiger partial charge in [0.05, 0.1) is 13.3 Å². The minimum atomic E-state index is -1.14. The Labute approximate surface area is 207 Å². The van der Waals surface area contributed by atoms with Gasteiger partial charge in [0.2, 0.25) is 5.76 Å². The number of rotatable bonds is 9. The summed E-state index contributed by atoms with van der Waals surface area (Å²) in [6.45, 7) is 4.10. The lowest BCUT2D eigenvalue weighted by Crippen LogP contribution is -2.17. The number of hydrogen-bond donors (Lipinski definition) is 2. The van der Waals surface area contributed by atoms with E-state index in [1.165, 1.54) is 25.5 Å². The number of furan rings is 1. The Morgan fingerprint density at radius 1 is 1.00 bits per heavy atom. The highest BCUT2D eigenvalue weighted by Crippen LogP contribution is 2.28. The third-order valence-corrected chi connectivity index (χ3v) is 5.47. The van der Waals surface area contributed by atoms with Gasteiger partial charge >= 0.3 is 5.97 Å². The van der Waals surface area contributed by atoms with Crippen molar-refractivity contribution in [2.24, 2.45) is 5.10 Å². The maximum Gasteiger partial charge on any atom is 0.371 e. The molecule has 0 aliphatic heterocycles. The van der Waals surface area contributed by atoms with Crippen LogP contribution in [0.4, 0.5) is 0 Å². The highest BCUT2D eigenvalue weighted by Gasteiger charge is 2.11. The molecule has 0 fully saturated rings. The van der Waals surface area contributed by atoms with Gasteiger partial charge in [0, 0.05) is 22.6 Å². The largest absolute Gasteiger partial charge is 0.493 e. The van der Waals surface area contributed by atoms with Crippen LogP contribution in [-0.2, 0) is 6.61 Å². The SMILES string of the molecule is COc1cc(/C=N\NC(=O)c2ccc(-n3c(C)ccc3C)cc2)ccc1OCc1ccc(C(=O)O)o1. The topological polar surface area (TPSA) is 115 Å². The first-order chi connectivity index (χ1) is 17.4. The Morgan fingerprint density at radius 2 is 1.72 bits per heavy atom. The van der Waals surface area contributed by atoms with Gasteiger partial charge in [0.25, 0.3) is 5.91 Å². The van der Waals surface area contributed by atoms with E-state index >= 15 is 0 Å². The second-order valence-corrected chi connectivity index (χ2v) is 7.97. The van der Waals surface area contributed by atoms with Crippen LogP contribution in [-0.4, -0.2) is 34.9 Å². The third kappa shape index (κ3) is 5.47. The molecule has 2 aromatic carbocycles. The van der Waals surface area contributed by atoms with Crippen molar-refractivity contribution < 1.29 is 28.6 Å². The van der Waals surface area contributed by atoms with Crippen LogP contribution in [0.25, 0.3) is 5.69 Å². The van der Waals surface area contributed by atoms with Gasteiger partial charge in [0.15, 0.2) is 11.5 Å². The van der Waals surface area contributed by atoms with Gasteiger partial charge < -0.3 is 23.6 Å². The Hall–Kier alpha value is -4.79. The average Bonchev–Trinajstić information content (AvgIpc) is 3.49. The second kappa shape index (κ2) is 10.6. The zero-order chi connectivity index (χ0) is 25.7. The highest BCUT2D eigenvalue weighted by atomic mass is 16.5. The minimum Gasteiger partial charge on any atom is -0.493 e. The van der Waals surface area contributed by atoms with Gasteiger partial charge in [-0.3, -0.25) is 4.79 Å². The predicted molar refractivity (Wildman–Crippen MR) is 133 cm³/mol. The number of aromatic nitrogens is 1. The lowest BCUT2D eigenvalue weighted by Gasteiger charge is -2.10. The predicted octanol–water partition coefficient (Wildman–Crippen LogP) is 4.74. The molecule has 4 aromatic rings. The monoisotopic (exact) mass is 487 g/mol. The minimum absolute atomic E-state index is 0.0371. The van der Waals surface area contributed by atoms with E-state index in [-0.39, 0.29) is 18.3 Å². The molecule has 0 saturated carbocycles. The Bertz CT molecular complexity index is 1400. The number of nitrogens with zero attached hydrogens (tertiary/aromatic N) is 2. The number of methoxy groups -OCH3 is 1. The summed E-state index contributed by atoms with van der Waals surface area (Å²) >= 11 is 0. The highest BCUT2D eigenvalue weighted by molar-refractivity contribution is 5.95. The number of benzene rings is 2. The number of carbonyl (C=O) groups is 2. The quantitative estimate of drug-likeness (QED) is 0.260. The first kappa shape index (κ1) is 24.3. The fraction of sp³-hybridized carbons (Fsp3) is 0.148. The normalized spacial score (nSPS) is 11.0. The first-order valence-electron chi connectivity index (χ1n) is 11.1. The fourth-order valence-corrected chi connectivity index (χ4v) is 3.67. The van der Waals surface area contributed by atoms with E-state index in [9.17, 15) is 9.59 Å². The number of carboxylic acid groups (broad SMARTS) is 1. The molecule has 0 radical (unpaired) electrons. The standard InChI is InChI=1S/C27H25N3O6/c1-17-4-5-18(2)30(17)21-9-7-20(8-10-21)26(31)29-28-15-19-6-12-23(25(14-19)34-3)35-16-22-11-13-24(36-22)27(32)33/h4-15H,16H2,1-3H3,(H,29,31)(H,32,33)/b28-15-. The van der Waals surface area contributed by atoms with Crippen LogP contribution in [0, 0.1) is 13.8 Å². The molecule has 0 spiro atoms. The molecule has 0 aliphatic rings. The second-order valence-electron chi connectivity index (χ2n) is 7.97. The summed E-state index contributed by atoms with van der Waals surface area (Å²) in [5, 5.41) is 13.0. The molecule has 0 bridgehead atoms. The van der Waals surface area contributed by atoms with Crippen LogP contribution in [0.2, 0.25) is 0 Å². The van der Waals surface area contributed by atoms with Crippen molar-refractivity contribution in [3.63, 3.8) is 0 Å². The van der Waals surface area contributed by atoms with Crippen LogP contribution in [0.15, 0.2) is 76.2 Å². The van der Waals surface area contributed by atoms with Crippen LogP contribution < -0.4 is 14.9 Å². The van der Waals surface area contributed by atoms with Crippen LogP contribution in [0.5, 0.6) is 11.5 Å². The van der Waals surface area contributed by atoms with Crippen LogP contribution >= 0.6 is 0 Å².